The normalized spacial score (nSPS) is 23.5. The lowest BCUT2D eigenvalue weighted by atomic mass is 10.1. The monoisotopic (exact) mass is 374 g/mol. The number of guanidine groups is 1. The lowest BCUT2D eigenvalue weighted by Crippen LogP contribution is -2.53. The van der Waals surface area contributed by atoms with Gasteiger partial charge >= 0.3 is 0 Å². The number of rotatable bonds is 7. The Morgan fingerprint density at radius 3 is 2.74 bits per heavy atom. The summed E-state index contributed by atoms with van der Waals surface area (Å²) in [5, 5.41) is 3.52. The molecule has 6 heteroatoms. The van der Waals surface area contributed by atoms with Crippen LogP contribution in [0.5, 0.6) is 0 Å². The van der Waals surface area contributed by atoms with E-state index in [0.29, 0.717) is 0 Å². The Balaban J connectivity index is 1.36. The summed E-state index contributed by atoms with van der Waals surface area (Å²) >= 11 is 0. The van der Waals surface area contributed by atoms with Crippen LogP contribution < -0.4 is 10.2 Å². The third-order valence-electron chi connectivity index (χ3n) is 5.38. The molecule has 3 rings (SSSR count). The van der Waals surface area contributed by atoms with Crippen LogP contribution in [-0.2, 0) is 9.47 Å². The molecule has 150 valence electrons. The average Bonchev–Trinajstić information content (AvgIpc) is 3.26. The van der Waals surface area contributed by atoms with Gasteiger partial charge in [0.1, 0.15) is 6.10 Å². The second-order valence-corrected chi connectivity index (χ2v) is 7.34. The van der Waals surface area contributed by atoms with Crippen molar-refractivity contribution in [1.29, 1.82) is 0 Å². The summed E-state index contributed by atoms with van der Waals surface area (Å²) < 4.78 is 11.8. The summed E-state index contributed by atoms with van der Waals surface area (Å²) in [7, 11) is 4.02. The highest BCUT2D eigenvalue weighted by Crippen LogP contribution is 2.21. The summed E-state index contributed by atoms with van der Waals surface area (Å²) in [4.78, 5) is 9.10. The fourth-order valence-corrected chi connectivity index (χ4v) is 3.81. The molecule has 0 bridgehead atoms. The highest BCUT2D eigenvalue weighted by Gasteiger charge is 2.32. The summed E-state index contributed by atoms with van der Waals surface area (Å²) in [6.07, 6.45) is 4.94. The van der Waals surface area contributed by atoms with Crippen molar-refractivity contribution in [3.05, 3.63) is 30.3 Å². The fourth-order valence-electron chi connectivity index (χ4n) is 3.81. The number of aliphatic imine (C=N–C) groups is 1. The second kappa shape index (κ2) is 10.5. The van der Waals surface area contributed by atoms with Crippen molar-refractivity contribution in [1.82, 2.24) is 10.2 Å². The maximum atomic E-state index is 5.94. The number of morpholine rings is 1. The summed E-state index contributed by atoms with van der Waals surface area (Å²) in [5.41, 5.74) is 1.27. The molecular formula is C21H34N4O2. The molecule has 2 unspecified atom stereocenters. The van der Waals surface area contributed by atoms with Gasteiger partial charge in [0.25, 0.3) is 0 Å². The molecule has 0 aromatic heterocycles. The molecule has 2 atom stereocenters. The maximum Gasteiger partial charge on any atom is 0.193 e. The number of benzene rings is 1. The van der Waals surface area contributed by atoms with Crippen LogP contribution in [0, 0.1) is 0 Å². The quantitative estimate of drug-likeness (QED) is 0.451. The molecule has 2 heterocycles. The standard InChI is InChI=1S/C21H34N4O2/c1-22-21(25-14-16-27-20(17-25)19-11-8-15-26-19)23-12-6-7-13-24(2)18-9-4-3-5-10-18/h3-5,9-10,19-20H,6-8,11-17H2,1-2H3,(H,22,23). The van der Waals surface area contributed by atoms with Gasteiger partial charge in [0.05, 0.1) is 12.7 Å². The van der Waals surface area contributed by atoms with Gasteiger partial charge in [-0.25, -0.2) is 0 Å². The molecule has 0 spiro atoms. The number of para-hydroxylation sites is 1. The molecule has 1 aromatic carbocycles. The molecule has 1 N–H and O–H groups in total. The van der Waals surface area contributed by atoms with Gasteiger partial charge in [-0.05, 0) is 37.8 Å². The zero-order chi connectivity index (χ0) is 18.9. The van der Waals surface area contributed by atoms with E-state index in [2.05, 4.69) is 57.5 Å². The molecule has 2 aliphatic rings. The number of hydrogen-bond donors (Lipinski definition) is 1. The largest absolute Gasteiger partial charge is 0.375 e. The Kier molecular flexibility index (Phi) is 7.78. The van der Waals surface area contributed by atoms with Crippen LogP contribution in [0.15, 0.2) is 35.3 Å². The van der Waals surface area contributed by atoms with Crippen molar-refractivity contribution in [3.8, 4) is 0 Å². The average molecular weight is 375 g/mol. The minimum atomic E-state index is 0.166. The number of nitrogens with one attached hydrogen (secondary N) is 1. The Labute approximate surface area is 163 Å². The van der Waals surface area contributed by atoms with Crippen molar-refractivity contribution in [3.63, 3.8) is 0 Å². The van der Waals surface area contributed by atoms with E-state index in [-0.39, 0.29) is 12.2 Å². The van der Waals surface area contributed by atoms with Crippen LogP contribution in [0.2, 0.25) is 0 Å². The lowest BCUT2D eigenvalue weighted by molar-refractivity contribution is -0.0816. The van der Waals surface area contributed by atoms with Gasteiger partial charge in [0, 0.05) is 52.6 Å². The van der Waals surface area contributed by atoms with Crippen molar-refractivity contribution < 1.29 is 9.47 Å². The fraction of sp³-hybridized carbons (Fsp3) is 0.667. The van der Waals surface area contributed by atoms with Crippen LogP contribution in [0.1, 0.15) is 25.7 Å². The van der Waals surface area contributed by atoms with Crippen LogP contribution >= 0.6 is 0 Å². The first-order valence-electron chi connectivity index (χ1n) is 10.2. The first-order valence-corrected chi connectivity index (χ1v) is 10.2. The Morgan fingerprint density at radius 2 is 2.00 bits per heavy atom. The maximum absolute atomic E-state index is 5.94. The molecule has 1 aromatic rings. The van der Waals surface area contributed by atoms with Gasteiger partial charge in [-0.15, -0.1) is 0 Å². The van der Waals surface area contributed by atoms with E-state index in [1.165, 1.54) is 5.69 Å². The molecule has 0 radical (unpaired) electrons. The van der Waals surface area contributed by atoms with Gasteiger partial charge in [0.15, 0.2) is 5.96 Å². The molecular weight excluding hydrogens is 340 g/mol. The van der Waals surface area contributed by atoms with Crippen LogP contribution in [0.4, 0.5) is 5.69 Å². The van der Waals surface area contributed by atoms with Crippen molar-refractivity contribution in [2.45, 2.75) is 37.9 Å². The SMILES string of the molecule is CN=C(NCCCCN(C)c1ccccc1)N1CCOC(C2CCCO2)C1. The number of hydrogen-bond acceptors (Lipinski definition) is 4. The Hall–Kier alpha value is -1.79. The smallest absolute Gasteiger partial charge is 0.193 e. The van der Waals surface area contributed by atoms with E-state index in [1.807, 2.05) is 7.05 Å². The van der Waals surface area contributed by atoms with Gasteiger partial charge in [-0.1, -0.05) is 18.2 Å². The molecule has 0 saturated carbocycles. The number of nitrogens with zero attached hydrogens (tertiary/aromatic N) is 3. The lowest BCUT2D eigenvalue weighted by Gasteiger charge is -2.37. The topological polar surface area (TPSA) is 49.3 Å². The zero-order valence-corrected chi connectivity index (χ0v) is 16.8. The van der Waals surface area contributed by atoms with Gasteiger partial charge < -0.3 is 24.6 Å². The molecule has 0 amide bonds. The second-order valence-electron chi connectivity index (χ2n) is 7.34. The zero-order valence-electron chi connectivity index (χ0n) is 16.8. The van der Waals surface area contributed by atoms with Gasteiger partial charge in [-0.3, -0.25) is 4.99 Å². The molecule has 6 nitrogen and oxygen atoms in total. The highest BCUT2D eigenvalue weighted by molar-refractivity contribution is 5.80. The number of anilines is 1. The van der Waals surface area contributed by atoms with Gasteiger partial charge in [-0.2, -0.15) is 0 Å². The number of unbranched alkanes of at least 4 members (excludes halogenated alkanes) is 1. The van der Waals surface area contributed by atoms with Crippen LogP contribution in [-0.4, -0.2) is 76.6 Å². The van der Waals surface area contributed by atoms with Gasteiger partial charge in [0.2, 0.25) is 0 Å². The van der Waals surface area contributed by atoms with Crippen LogP contribution in [0.25, 0.3) is 0 Å². The van der Waals surface area contributed by atoms with E-state index < -0.39 is 0 Å². The molecule has 2 aliphatic heterocycles. The molecule has 0 aliphatic carbocycles. The van der Waals surface area contributed by atoms with E-state index in [9.17, 15) is 0 Å². The predicted molar refractivity (Wildman–Crippen MR) is 111 cm³/mol. The van der Waals surface area contributed by atoms with E-state index in [1.54, 1.807) is 0 Å². The van der Waals surface area contributed by atoms with Crippen molar-refractivity contribution in [2.75, 3.05) is 58.4 Å². The summed E-state index contributed by atoms with van der Waals surface area (Å²) in [5.74, 6) is 0.984. The third-order valence-corrected chi connectivity index (χ3v) is 5.38. The first kappa shape index (κ1) is 20.0. The van der Waals surface area contributed by atoms with Crippen molar-refractivity contribution >= 4 is 11.6 Å². The van der Waals surface area contributed by atoms with E-state index in [4.69, 9.17) is 9.47 Å². The Bertz CT molecular complexity index is 575. The van der Waals surface area contributed by atoms with Crippen LogP contribution in [0.3, 0.4) is 0 Å². The first-order chi connectivity index (χ1) is 13.3. The molecule has 2 fully saturated rings. The van der Waals surface area contributed by atoms with E-state index in [0.717, 1.165) is 71.0 Å². The predicted octanol–water partition coefficient (Wildman–Crippen LogP) is 2.36. The van der Waals surface area contributed by atoms with E-state index >= 15 is 0 Å². The highest BCUT2D eigenvalue weighted by atomic mass is 16.5. The molecule has 2 saturated heterocycles. The Morgan fingerprint density at radius 1 is 1.19 bits per heavy atom. The number of ether oxygens (including phenoxy) is 2. The minimum Gasteiger partial charge on any atom is -0.375 e. The van der Waals surface area contributed by atoms with Crippen molar-refractivity contribution in [2.24, 2.45) is 4.99 Å². The summed E-state index contributed by atoms with van der Waals surface area (Å²) in [6, 6.07) is 10.5. The third kappa shape index (κ3) is 5.84. The molecule has 27 heavy (non-hydrogen) atoms. The minimum absolute atomic E-state index is 0.166. The summed E-state index contributed by atoms with van der Waals surface area (Å²) in [6.45, 7) is 5.36.